The summed E-state index contributed by atoms with van der Waals surface area (Å²) in [5.74, 6) is 0. The summed E-state index contributed by atoms with van der Waals surface area (Å²) in [6.07, 6.45) is 12.6. The predicted octanol–water partition coefficient (Wildman–Crippen LogP) is 8.42. The summed E-state index contributed by atoms with van der Waals surface area (Å²) in [6.45, 7) is 10.6. The third-order valence-corrected chi connectivity index (χ3v) is 8.48. The summed E-state index contributed by atoms with van der Waals surface area (Å²) in [6, 6.07) is 25.3. The van der Waals surface area contributed by atoms with Gasteiger partial charge in [-0.05, 0) is 62.7 Å². The van der Waals surface area contributed by atoms with Crippen molar-refractivity contribution in [3.63, 3.8) is 0 Å². The molecule has 0 saturated heterocycles. The van der Waals surface area contributed by atoms with Crippen molar-refractivity contribution >= 4 is 73.3 Å². The Morgan fingerprint density at radius 2 is 1.22 bits per heavy atom. The second kappa shape index (κ2) is 10.4. The molecular formula is C34H28OP2. The number of aliphatic hydroxyl groups excluding tert-OH is 1. The smallest absolute Gasteiger partial charge is 0.0682 e. The summed E-state index contributed by atoms with van der Waals surface area (Å²) in [5.41, 5.74) is 8.56. The van der Waals surface area contributed by atoms with E-state index in [1.165, 1.54) is 32.3 Å². The van der Waals surface area contributed by atoms with Crippen LogP contribution in [0.15, 0.2) is 86.0 Å². The van der Waals surface area contributed by atoms with Gasteiger partial charge < -0.3 is 5.11 Å². The number of aryl methyl sites for hydroxylation is 1. The van der Waals surface area contributed by atoms with Gasteiger partial charge in [-0.3, -0.25) is 0 Å². The molecule has 5 rings (SSSR count). The Bertz CT molecular complexity index is 1740. The van der Waals surface area contributed by atoms with E-state index in [0.717, 1.165) is 60.7 Å². The number of rotatable bonds is 7. The molecule has 5 aromatic carbocycles. The summed E-state index contributed by atoms with van der Waals surface area (Å²) < 4.78 is 0. The Morgan fingerprint density at radius 3 is 1.68 bits per heavy atom. The quantitative estimate of drug-likeness (QED) is 0.171. The summed E-state index contributed by atoms with van der Waals surface area (Å²) in [7, 11) is 1.87. The van der Waals surface area contributed by atoms with Crippen molar-refractivity contribution in [1.29, 1.82) is 0 Å². The molecule has 3 heteroatoms. The molecule has 180 valence electrons. The predicted molar refractivity (Wildman–Crippen MR) is 171 cm³/mol. The fourth-order valence-corrected chi connectivity index (χ4v) is 6.90. The molecule has 5 aromatic rings. The highest BCUT2D eigenvalue weighted by atomic mass is 31.1. The van der Waals surface area contributed by atoms with E-state index >= 15 is 0 Å². The van der Waals surface area contributed by atoms with Gasteiger partial charge in [0.15, 0.2) is 0 Å². The molecule has 0 radical (unpaired) electrons. The third kappa shape index (κ3) is 4.11. The molecule has 37 heavy (non-hydrogen) atoms. The lowest BCUT2D eigenvalue weighted by molar-refractivity contribution is 0.282. The van der Waals surface area contributed by atoms with Crippen molar-refractivity contribution < 1.29 is 5.11 Å². The van der Waals surface area contributed by atoms with Crippen LogP contribution in [0.5, 0.6) is 0 Å². The van der Waals surface area contributed by atoms with Crippen LogP contribution in [-0.4, -0.2) is 17.7 Å². The van der Waals surface area contributed by atoms with Crippen molar-refractivity contribution in [3.05, 3.63) is 108 Å². The maximum Gasteiger partial charge on any atom is 0.0682 e. The molecule has 0 fully saturated rings. The third-order valence-electron chi connectivity index (χ3n) is 6.92. The maximum absolute atomic E-state index is 9.94. The van der Waals surface area contributed by atoms with Gasteiger partial charge in [-0.25, -0.2) is 0 Å². The zero-order valence-corrected chi connectivity index (χ0v) is 22.7. The Labute approximate surface area is 222 Å². The van der Waals surface area contributed by atoms with Crippen LogP contribution in [0.4, 0.5) is 0 Å². The van der Waals surface area contributed by atoms with E-state index in [-0.39, 0.29) is 6.61 Å². The molecule has 0 unspecified atom stereocenters. The van der Waals surface area contributed by atoms with Gasteiger partial charge in [0.05, 0.1) is 6.61 Å². The number of benzene rings is 5. The highest BCUT2D eigenvalue weighted by molar-refractivity contribution is 7.48. The molecule has 0 heterocycles. The fraction of sp³-hybridized carbons (Fsp3) is 0.0588. The van der Waals surface area contributed by atoms with Crippen molar-refractivity contribution in [2.24, 2.45) is 0 Å². The van der Waals surface area contributed by atoms with E-state index in [1.54, 1.807) is 0 Å². The average Bonchev–Trinajstić information content (AvgIpc) is 2.94. The van der Waals surface area contributed by atoms with E-state index in [2.05, 4.69) is 93.3 Å². The van der Waals surface area contributed by atoms with Crippen LogP contribution in [0.3, 0.4) is 0 Å². The second-order valence-corrected chi connectivity index (χ2v) is 10.5. The molecule has 0 aromatic heterocycles. The topological polar surface area (TPSA) is 20.2 Å². The van der Waals surface area contributed by atoms with Gasteiger partial charge >= 0.3 is 0 Å². The first-order valence-corrected chi connectivity index (χ1v) is 14.3. The monoisotopic (exact) mass is 514 g/mol. The van der Waals surface area contributed by atoms with Crippen molar-refractivity contribution in [3.8, 4) is 22.3 Å². The molecule has 1 nitrogen and oxygen atoms in total. The Balaban J connectivity index is 2.19. The number of hydrogen-bond acceptors (Lipinski definition) is 1. The molecule has 0 atom stereocenters. The summed E-state index contributed by atoms with van der Waals surface area (Å²) in [4.78, 5) is 0. The van der Waals surface area contributed by atoms with E-state index < -0.39 is 0 Å². The van der Waals surface area contributed by atoms with Crippen LogP contribution in [0, 0.1) is 6.92 Å². The molecule has 0 aliphatic heterocycles. The van der Waals surface area contributed by atoms with Crippen LogP contribution < -0.4 is 10.6 Å². The van der Waals surface area contributed by atoms with Crippen LogP contribution in [0.25, 0.3) is 56.0 Å². The molecule has 0 spiro atoms. The number of hydrogen-bond donors (Lipinski definition) is 1. The second-order valence-electron chi connectivity index (χ2n) is 9.02. The van der Waals surface area contributed by atoms with Gasteiger partial charge in [-0.2, -0.15) is 0 Å². The molecular weight excluding hydrogens is 486 g/mol. The average molecular weight is 515 g/mol. The molecule has 0 amide bonds. The Kier molecular flexibility index (Phi) is 7.05. The van der Waals surface area contributed by atoms with Crippen LogP contribution in [0.1, 0.15) is 22.3 Å². The van der Waals surface area contributed by atoms with E-state index in [9.17, 15) is 5.11 Å². The highest BCUT2D eigenvalue weighted by Crippen LogP contribution is 2.45. The Morgan fingerprint density at radius 1 is 0.703 bits per heavy atom. The van der Waals surface area contributed by atoms with Crippen LogP contribution >= 0.6 is 16.4 Å². The first-order valence-electron chi connectivity index (χ1n) is 12.1. The van der Waals surface area contributed by atoms with Gasteiger partial charge in [0, 0.05) is 21.4 Å². The van der Waals surface area contributed by atoms with Crippen LogP contribution in [0.2, 0.25) is 0 Å². The maximum atomic E-state index is 9.94. The standard InChI is InChI=1S/C34H28OP2/c1-6-25-26(7-2)30(24-15-11-13-22(19-24)20-35)32-31(29(25)23-14-10-12-21(3)18-23)33(36-4)27-16-8-9-17-28(27)34(32)37-5/h6-19,35H,1-2,4-5,20H2,3H3. The van der Waals surface area contributed by atoms with E-state index in [1.807, 2.05) is 24.3 Å². The largest absolute Gasteiger partial charge is 0.392 e. The lowest BCUT2D eigenvalue weighted by Gasteiger charge is -2.24. The van der Waals surface area contributed by atoms with E-state index in [4.69, 9.17) is 0 Å². The van der Waals surface area contributed by atoms with Gasteiger partial charge in [-0.1, -0.05) is 127 Å². The van der Waals surface area contributed by atoms with Gasteiger partial charge in [0.25, 0.3) is 0 Å². The molecule has 1 N–H and O–H groups in total. The number of aliphatic hydroxyl groups is 1. The minimum absolute atomic E-state index is 0.0169. The minimum atomic E-state index is -0.0169. The number of fused-ring (bicyclic) bond motifs is 2. The van der Waals surface area contributed by atoms with E-state index in [0.29, 0.717) is 0 Å². The lowest BCUT2D eigenvalue weighted by atomic mass is 9.82. The lowest BCUT2D eigenvalue weighted by Crippen LogP contribution is -2.12. The van der Waals surface area contributed by atoms with Gasteiger partial charge in [-0.15, -0.1) is 0 Å². The normalized spacial score (nSPS) is 11.4. The van der Waals surface area contributed by atoms with Crippen LogP contribution in [-0.2, 0) is 6.61 Å². The fourth-order valence-electron chi connectivity index (χ4n) is 5.41. The summed E-state index contributed by atoms with van der Waals surface area (Å²) in [5, 5.41) is 17.0. The SMILES string of the molecule is C=Cc1c(C=C)c(-c2cccc(CO)c2)c2c(P=C)c3ccccc3c(P=C)c2c1-c1cccc(C)c1. The minimum Gasteiger partial charge on any atom is -0.392 e. The van der Waals surface area contributed by atoms with Gasteiger partial charge in [0.1, 0.15) is 0 Å². The first-order chi connectivity index (χ1) is 18.1. The zero-order chi connectivity index (χ0) is 26.1. The Hall–Kier alpha value is -3.60. The molecule has 0 aliphatic rings. The zero-order valence-electron chi connectivity index (χ0n) is 21.0. The van der Waals surface area contributed by atoms with Gasteiger partial charge in [0.2, 0.25) is 0 Å². The van der Waals surface area contributed by atoms with Crippen molar-refractivity contribution in [2.75, 3.05) is 0 Å². The molecule has 0 aliphatic carbocycles. The molecule has 0 bridgehead atoms. The first kappa shape index (κ1) is 25.1. The highest BCUT2D eigenvalue weighted by Gasteiger charge is 2.24. The molecule has 0 saturated carbocycles. The van der Waals surface area contributed by atoms with Crippen molar-refractivity contribution in [1.82, 2.24) is 0 Å². The van der Waals surface area contributed by atoms with Crippen molar-refractivity contribution in [2.45, 2.75) is 13.5 Å². The summed E-state index contributed by atoms with van der Waals surface area (Å²) >= 11 is 0.